The van der Waals surface area contributed by atoms with E-state index in [2.05, 4.69) is 19.9 Å². The first-order valence-electron chi connectivity index (χ1n) is 9.19. The van der Waals surface area contributed by atoms with Crippen LogP contribution in [0.1, 0.15) is 52.4 Å². The first-order valence-corrected chi connectivity index (χ1v) is 9.19. The van der Waals surface area contributed by atoms with E-state index in [1.807, 2.05) is 0 Å². The summed E-state index contributed by atoms with van der Waals surface area (Å²) in [5.74, 6) is 1.31. The summed E-state index contributed by atoms with van der Waals surface area (Å²) in [7, 11) is 0. The average Bonchev–Trinajstić information content (AvgIpc) is 2.73. The number of rotatable bonds is 0. The summed E-state index contributed by atoms with van der Waals surface area (Å²) < 4.78 is 0. The molecule has 9 atom stereocenters. The first-order chi connectivity index (χ1) is 10.8. The third-order valence-electron chi connectivity index (χ3n) is 8.11. The molecule has 4 heteroatoms. The third kappa shape index (κ3) is 2.05. The molecule has 4 aliphatic rings. The summed E-state index contributed by atoms with van der Waals surface area (Å²) in [6.45, 7) is 4.41. The van der Waals surface area contributed by atoms with Gasteiger partial charge >= 0.3 is 0 Å². The van der Waals surface area contributed by atoms with E-state index in [0.717, 1.165) is 19.3 Å². The van der Waals surface area contributed by atoms with Crippen molar-refractivity contribution >= 4 is 0 Å². The predicted octanol–water partition coefficient (Wildman–Crippen LogP) is 1.61. The molecule has 0 unspecified atom stereocenters. The van der Waals surface area contributed by atoms with E-state index >= 15 is 0 Å². The van der Waals surface area contributed by atoms with E-state index in [0.29, 0.717) is 37.0 Å². The molecule has 0 aromatic carbocycles. The lowest BCUT2D eigenvalue weighted by molar-refractivity contribution is -0.0998. The Bertz CT molecular complexity index is 531. The van der Waals surface area contributed by atoms with Crippen LogP contribution in [0.3, 0.4) is 0 Å². The van der Waals surface area contributed by atoms with Gasteiger partial charge in [-0.3, -0.25) is 0 Å². The summed E-state index contributed by atoms with van der Waals surface area (Å²) in [5, 5.41) is 41.0. The van der Waals surface area contributed by atoms with Crippen LogP contribution in [0.5, 0.6) is 0 Å². The van der Waals surface area contributed by atoms with E-state index in [1.165, 1.54) is 5.57 Å². The normalized spacial score (nSPS) is 58.9. The van der Waals surface area contributed by atoms with Crippen molar-refractivity contribution in [2.45, 2.75) is 76.8 Å². The fourth-order valence-electron chi connectivity index (χ4n) is 6.68. The van der Waals surface area contributed by atoms with Crippen molar-refractivity contribution in [2.24, 2.45) is 28.6 Å². The highest BCUT2D eigenvalue weighted by Gasteiger charge is 2.61. The van der Waals surface area contributed by atoms with Crippen LogP contribution in [-0.2, 0) is 0 Å². The summed E-state index contributed by atoms with van der Waals surface area (Å²) in [6.07, 6.45) is 4.71. The van der Waals surface area contributed by atoms with Crippen LogP contribution >= 0.6 is 0 Å². The zero-order valence-corrected chi connectivity index (χ0v) is 14.2. The number of hydrogen-bond donors (Lipinski definition) is 4. The fourth-order valence-corrected chi connectivity index (χ4v) is 6.68. The monoisotopic (exact) mass is 322 g/mol. The molecule has 0 radical (unpaired) electrons. The summed E-state index contributed by atoms with van der Waals surface area (Å²) in [6, 6.07) is 0. The largest absolute Gasteiger partial charge is 0.390 e. The van der Waals surface area contributed by atoms with Crippen LogP contribution in [-0.4, -0.2) is 44.8 Å². The van der Waals surface area contributed by atoms with Gasteiger partial charge in [0.25, 0.3) is 0 Å². The van der Waals surface area contributed by atoms with E-state index in [9.17, 15) is 20.4 Å². The second kappa shape index (κ2) is 5.04. The molecular formula is C19H30O4. The SMILES string of the molecule is C[C@]12CC[C@H]3[C@@H](CC=C4C[C@@H](O)[C@H](O)C[C@@]43C)[C@@H]1C[C@@H](O)[C@@H]2O. The Morgan fingerprint density at radius 2 is 1.74 bits per heavy atom. The molecule has 3 fully saturated rings. The molecule has 4 N–H and O–H groups in total. The molecule has 0 amide bonds. The van der Waals surface area contributed by atoms with Crippen molar-refractivity contribution < 1.29 is 20.4 Å². The molecule has 23 heavy (non-hydrogen) atoms. The van der Waals surface area contributed by atoms with Crippen LogP contribution in [0, 0.1) is 28.6 Å². The van der Waals surface area contributed by atoms with Crippen molar-refractivity contribution in [2.75, 3.05) is 0 Å². The Kier molecular flexibility index (Phi) is 3.52. The molecule has 0 bridgehead atoms. The van der Waals surface area contributed by atoms with E-state index < -0.39 is 24.4 Å². The fraction of sp³-hybridized carbons (Fsp3) is 0.895. The minimum absolute atomic E-state index is 0.0403. The maximum Gasteiger partial charge on any atom is 0.0855 e. The van der Waals surface area contributed by atoms with E-state index in [1.54, 1.807) is 0 Å². The maximum atomic E-state index is 10.5. The van der Waals surface area contributed by atoms with Gasteiger partial charge < -0.3 is 20.4 Å². The van der Waals surface area contributed by atoms with Gasteiger partial charge in [0.15, 0.2) is 0 Å². The van der Waals surface area contributed by atoms with Gasteiger partial charge in [-0.15, -0.1) is 0 Å². The van der Waals surface area contributed by atoms with Crippen molar-refractivity contribution in [3.63, 3.8) is 0 Å². The smallest absolute Gasteiger partial charge is 0.0855 e. The molecular weight excluding hydrogens is 292 g/mol. The lowest BCUT2D eigenvalue weighted by Crippen LogP contribution is -2.53. The van der Waals surface area contributed by atoms with Crippen LogP contribution in [0.4, 0.5) is 0 Å². The third-order valence-corrected chi connectivity index (χ3v) is 8.11. The number of allylic oxidation sites excluding steroid dienone is 1. The topological polar surface area (TPSA) is 80.9 Å². The van der Waals surface area contributed by atoms with Crippen LogP contribution in [0.15, 0.2) is 11.6 Å². The zero-order valence-electron chi connectivity index (χ0n) is 14.2. The summed E-state index contributed by atoms with van der Waals surface area (Å²) in [4.78, 5) is 0. The Balaban J connectivity index is 1.69. The molecule has 0 aliphatic heterocycles. The average molecular weight is 322 g/mol. The second-order valence-electron chi connectivity index (χ2n) is 9.09. The molecule has 4 nitrogen and oxygen atoms in total. The minimum atomic E-state index is -0.635. The number of fused-ring (bicyclic) bond motifs is 5. The molecule has 0 aromatic rings. The van der Waals surface area contributed by atoms with Crippen LogP contribution in [0.25, 0.3) is 0 Å². The Morgan fingerprint density at radius 3 is 2.48 bits per heavy atom. The van der Waals surface area contributed by atoms with E-state index in [4.69, 9.17) is 0 Å². The predicted molar refractivity (Wildman–Crippen MR) is 86.5 cm³/mol. The second-order valence-corrected chi connectivity index (χ2v) is 9.09. The first kappa shape index (κ1) is 16.1. The number of aliphatic hydroxyl groups excluding tert-OH is 4. The Labute approximate surface area is 138 Å². The Hall–Kier alpha value is -0.420. The maximum absolute atomic E-state index is 10.5. The number of hydrogen-bond acceptors (Lipinski definition) is 4. The van der Waals surface area contributed by atoms with Gasteiger partial charge in [-0.1, -0.05) is 25.5 Å². The standard InChI is InChI=1S/C19H30O4/c1-18-6-5-12-11(13(18)8-15(21)17(18)23)4-3-10-7-14(20)16(22)9-19(10,12)2/h3,11-17,20-23H,4-9H2,1-2H3/t11-,12+,13+,14-,15-,16-,17+,18+,19+/m1/s1. The molecule has 4 rings (SSSR count). The van der Waals surface area contributed by atoms with E-state index in [-0.39, 0.29) is 10.8 Å². The molecule has 0 spiro atoms. The molecule has 0 aromatic heterocycles. The molecule has 130 valence electrons. The zero-order chi connectivity index (χ0) is 16.6. The molecule has 0 heterocycles. The molecule has 0 saturated heterocycles. The van der Waals surface area contributed by atoms with Gasteiger partial charge in [0, 0.05) is 0 Å². The van der Waals surface area contributed by atoms with Gasteiger partial charge in [0.2, 0.25) is 0 Å². The van der Waals surface area contributed by atoms with Gasteiger partial charge in [-0.05, 0) is 67.1 Å². The quantitative estimate of drug-likeness (QED) is 0.511. The lowest BCUT2D eigenvalue weighted by atomic mass is 9.47. The van der Waals surface area contributed by atoms with Crippen molar-refractivity contribution in [1.82, 2.24) is 0 Å². The van der Waals surface area contributed by atoms with Gasteiger partial charge in [0.1, 0.15) is 0 Å². The highest BCUT2D eigenvalue weighted by Crippen LogP contribution is 2.64. The van der Waals surface area contributed by atoms with Gasteiger partial charge in [-0.2, -0.15) is 0 Å². The van der Waals surface area contributed by atoms with Crippen molar-refractivity contribution in [3.05, 3.63) is 11.6 Å². The highest BCUT2D eigenvalue weighted by atomic mass is 16.3. The molecule has 3 saturated carbocycles. The van der Waals surface area contributed by atoms with Crippen molar-refractivity contribution in [3.8, 4) is 0 Å². The Morgan fingerprint density at radius 1 is 1.00 bits per heavy atom. The molecule has 4 aliphatic carbocycles. The highest BCUT2D eigenvalue weighted by molar-refractivity contribution is 5.26. The van der Waals surface area contributed by atoms with Crippen LogP contribution < -0.4 is 0 Å². The number of aliphatic hydroxyl groups is 4. The summed E-state index contributed by atoms with van der Waals surface area (Å²) in [5.41, 5.74) is 1.11. The van der Waals surface area contributed by atoms with Gasteiger partial charge in [0.05, 0.1) is 24.4 Å². The van der Waals surface area contributed by atoms with Gasteiger partial charge in [-0.25, -0.2) is 0 Å². The van der Waals surface area contributed by atoms with Crippen LogP contribution in [0.2, 0.25) is 0 Å². The lowest BCUT2D eigenvalue weighted by Gasteiger charge is -2.58. The summed E-state index contributed by atoms with van der Waals surface area (Å²) >= 11 is 0. The van der Waals surface area contributed by atoms with Crippen molar-refractivity contribution in [1.29, 1.82) is 0 Å². The minimum Gasteiger partial charge on any atom is -0.390 e.